The Labute approximate surface area is 216 Å². The van der Waals surface area contributed by atoms with Crippen LogP contribution in [0.1, 0.15) is 43.9 Å². The highest BCUT2D eigenvalue weighted by molar-refractivity contribution is 6.67. The number of amides is 1. The lowest BCUT2D eigenvalue weighted by Gasteiger charge is -2.19. The number of nitrogens with zero attached hydrogens (tertiary/aromatic N) is 1. The molecule has 0 unspecified atom stereocenters. The molecule has 0 saturated heterocycles. The molecule has 1 aliphatic rings. The van der Waals surface area contributed by atoms with E-state index in [4.69, 9.17) is 15.3 Å². The number of aromatic hydroxyl groups is 1. The Kier molecular flexibility index (Phi) is 8.45. The summed E-state index contributed by atoms with van der Waals surface area (Å²) in [6, 6.07) is 19.1. The number of phenols is 1. The zero-order valence-electron chi connectivity index (χ0n) is 21.4. The molecule has 1 aliphatic carbocycles. The number of hydrogen-bond donors (Lipinski definition) is 5. The Morgan fingerprint density at radius 3 is 2.49 bits per heavy atom. The summed E-state index contributed by atoms with van der Waals surface area (Å²) in [6.07, 6.45) is 2.12. The minimum absolute atomic E-state index is 0.0146. The molecule has 0 atom stereocenters. The largest absolute Gasteiger partial charge is 0.505 e. The molecule has 0 spiro atoms. The number of carbonyl (C=O) groups excluding carboxylic acids is 1. The number of phenolic OH excluding ortho intramolecular Hbond substituents is 1. The van der Waals surface area contributed by atoms with Crippen molar-refractivity contribution in [1.29, 1.82) is 5.41 Å². The van der Waals surface area contributed by atoms with Crippen molar-refractivity contribution in [1.82, 2.24) is 0 Å². The molecule has 192 valence electrons. The predicted octanol–water partition coefficient (Wildman–Crippen LogP) is 5.74. The monoisotopic (exact) mass is 500 g/mol. The standard InChI is InChI=1S/C28H30N4O2.CH2O2/c1-17-7-5-8-20(15-17)22-9-6-10-24(26(22)33)31-32-25(18(2)29)27(34)30-21-12-11-19-13-14-28(3,4)23(19)16-21;2-1-3/h5-12,15-16,29,31,33H,13-14H2,1-4H3,(H,30,34);1H,(H,2,3)/b29-18?,32-25-;. The second-order valence-corrected chi connectivity index (χ2v) is 9.58. The van der Waals surface area contributed by atoms with E-state index in [1.807, 2.05) is 49.4 Å². The summed E-state index contributed by atoms with van der Waals surface area (Å²) in [7, 11) is 0. The normalized spacial score (nSPS) is 13.6. The molecule has 0 bridgehead atoms. The summed E-state index contributed by atoms with van der Waals surface area (Å²) >= 11 is 0. The quantitative estimate of drug-likeness (QED) is 0.127. The first-order valence-corrected chi connectivity index (χ1v) is 11.9. The van der Waals surface area contributed by atoms with E-state index in [1.54, 1.807) is 12.1 Å². The average Bonchev–Trinajstić information content (AvgIpc) is 3.14. The van der Waals surface area contributed by atoms with Crippen molar-refractivity contribution >= 4 is 35.2 Å². The van der Waals surface area contributed by atoms with Crippen molar-refractivity contribution in [3.05, 3.63) is 77.4 Å². The van der Waals surface area contributed by atoms with Crippen LogP contribution >= 0.6 is 0 Å². The molecule has 0 fully saturated rings. The lowest BCUT2D eigenvalue weighted by molar-refractivity contribution is -0.122. The predicted molar refractivity (Wildman–Crippen MR) is 148 cm³/mol. The molecule has 0 radical (unpaired) electrons. The van der Waals surface area contributed by atoms with Gasteiger partial charge in [-0.2, -0.15) is 5.10 Å². The lowest BCUT2D eigenvalue weighted by atomic mass is 9.86. The van der Waals surface area contributed by atoms with Crippen LogP contribution in [-0.4, -0.2) is 34.0 Å². The molecule has 5 N–H and O–H groups in total. The van der Waals surface area contributed by atoms with E-state index in [0.717, 1.165) is 24.0 Å². The second-order valence-electron chi connectivity index (χ2n) is 9.58. The van der Waals surface area contributed by atoms with Crippen LogP contribution < -0.4 is 10.7 Å². The molecule has 3 aromatic rings. The fourth-order valence-corrected chi connectivity index (χ4v) is 4.37. The van der Waals surface area contributed by atoms with Gasteiger partial charge in [0.15, 0.2) is 5.71 Å². The van der Waals surface area contributed by atoms with Crippen LogP contribution in [0.15, 0.2) is 65.8 Å². The van der Waals surface area contributed by atoms with Crippen molar-refractivity contribution in [3.63, 3.8) is 0 Å². The number of para-hydroxylation sites is 1. The summed E-state index contributed by atoms with van der Waals surface area (Å²) in [6.45, 7) is 7.67. The molecular formula is C29H32N4O4. The number of hydrogen-bond acceptors (Lipinski definition) is 6. The number of fused-ring (bicyclic) bond motifs is 1. The van der Waals surface area contributed by atoms with Crippen LogP contribution in [0.3, 0.4) is 0 Å². The summed E-state index contributed by atoms with van der Waals surface area (Å²) in [5, 5.41) is 32.8. The van der Waals surface area contributed by atoms with Gasteiger partial charge in [-0.05, 0) is 67.0 Å². The van der Waals surface area contributed by atoms with E-state index >= 15 is 0 Å². The first-order valence-electron chi connectivity index (χ1n) is 11.9. The molecule has 3 aromatic carbocycles. The number of benzene rings is 3. The lowest BCUT2D eigenvalue weighted by Crippen LogP contribution is -2.29. The van der Waals surface area contributed by atoms with Crippen LogP contribution in [0.2, 0.25) is 0 Å². The van der Waals surface area contributed by atoms with Crippen LogP contribution in [0.5, 0.6) is 5.75 Å². The Balaban J connectivity index is 0.00000121. The van der Waals surface area contributed by atoms with E-state index in [2.05, 4.69) is 35.8 Å². The number of carbonyl (C=O) groups is 2. The molecule has 4 rings (SSSR count). The minimum Gasteiger partial charge on any atom is -0.505 e. The van der Waals surface area contributed by atoms with Gasteiger partial charge in [0.25, 0.3) is 12.4 Å². The molecule has 1 amide bonds. The van der Waals surface area contributed by atoms with E-state index in [0.29, 0.717) is 16.9 Å². The van der Waals surface area contributed by atoms with Gasteiger partial charge in [0, 0.05) is 11.3 Å². The van der Waals surface area contributed by atoms with Crippen LogP contribution in [-0.2, 0) is 21.4 Å². The SMILES string of the molecule is CC(=N)/C(=N/Nc1cccc(-c2cccc(C)c2)c1O)C(=O)Nc1ccc2c(c1)C(C)(C)CC2.O=CO. The highest BCUT2D eigenvalue weighted by Gasteiger charge is 2.30. The molecular weight excluding hydrogens is 468 g/mol. The molecule has 0 aliphatic heterocycles. The highest BCUT2D eigenvalue weighted by Crippen LogP contribution is 2.39. The Morgan fingerprint density at radius 2 is 1.81 bits per heavy atom. The van der Waals surface area contributed by atoms with Gasteiger partial charge in [-0.3, -0.25) is 15.0 Å². The third kappa shape index (κ3) is 6.41. The zero-order valence-corrected chi connectivity index (χ0v) is 21.4. The Morgan fingerprint density at radius 1 is 1.11 bits per heavy atom. The van der Waals surface area contributed by atoms with Gasteiger partial charge in [0.1, 0.15) is 5.75 Å². The Hall–Kier alpha value is -4.46. The first kappa shape index (κ1) is 27.1. The third-order valence-corrected chi connectivity index (χ3v) is 6.34. The number of anilines is 2. The maximum absolute atomic E-state index is 13.0. The van der Waals surface area contributed by atoms with Crippen molar-refractivity contribution in [2.45, 2.75) is 46.0 Å². The van der Waals surface area contributed by atoms with Gasteiger partial charge in [-0.25, -0.2) is 0 Å². The smallest absolute Gasteiger partial charge is 0.290 e. The van der Waals surface area contributed by atoms with E-state index in [1.165, 1.54) is 18.1 Å². The van der Waals surface area contributed by atoms with Crippen molar-refractivity contribution in [3.8, 4) is 16.9 Å². The van der Waals surface area contributed by atoms with Gasteiger partial charge >= 0.3 is 0 Å². The summed E-state index contributed by atoms with van der Waals surface area (Å²) in [5.41, 5.74) is 9.01. The second kappa shape index (κ2) is 11.5. The van der Waals surface area contributed by atoms with Gasteiger partial charge < -0.3 is 20.9 Å². The molecule has 0 aromatic heterocycles. The van der Waals surface area contributed by atoms with Crippen molar-refractivity contribution < 1.29 is 19.8 Å². The Bertz CT molecular complexity index is 1360. The van der Waals surface area contributed by atoms with E-state index in [9.17, 15) is 9.90 Å². The number of nitrogens with one attached hydrogen (secondary N) is 3. The summed E-state index contributed by atoms with van der Waals surface area (Å²) < 4.78 is 0. The molecule has 0 saturated carbocycles. The highest BCUT2D eigenvalue weighted by atomic mass is 16.3. The van der Waals surface area contributed by atoms with Gasteiger partial charge in [0.05, 0.1) is 11.4 Å². The van der Waals surface area contributed by atoms with Gasteiger partial charge in [-0.15, -0.1) is 0 Å². The zero-order chi connectivity index (χ0) is 27.2. The molecule has 8 heteroatoms. The molecule has 8 nitrogen and oxygen atoms in total. The van der Waals surface area contributed by atoms with Gasteiger partial charge in [-0.1, -0.05) is 61.9 Å². The van der Waals surface area contributed by atoms with Crippen LogP contribution in [0.25, 0.3) is 11.1 Å². The van der Waals surface area contributed by atoms with E-state index < -0.39 is 5.91 Å². The summed E-state index contributed by atoms with van der Waals surface area (Å²) in [5.74, 6) is -0.454. The molecule has 37 heavy (non-hydrogen) atoms. The number of aryl methyl sites for hydroxylation is 2. The van der Waals surface area contributed by atoms with Gasteiger partial charge in [0.2, 0.25) is 0 Å². The fourth-order valence-electron chi connectivity index (χ4n) is 4.37. The topological polar surface area (TPSA) is 135 Å². The fraction of sp³-hybridized carbons (Fsp3) is 0.241. The number of rotatable bonds is 6. The van der Waals surface area contributed by atoms with Crippen LogP contribution in [0, 0.1) is 12.3 Å². The maximum Gasteiger partial charge on any atom is 0.290 e. The van der Waals surface area contributed by atoms with Crippen LogP contribution in [0.4, 0.5) is 11.4 Å². The van der Waals surface area contributed by atoms with E-state index in [-0.39, 0.29) is 29.1 Å². The summed E-state index contributed by atoms with van der Waals surface area (Å²) in [4.78, 5) is 21.3. The number of carboxylic acid groups (broad SMARTS) is 1. The maximum atomic E-state index is 13.0. The minimum atomic E-state index is -0.481. The molecule has 0 heterocycles. The third-order valence-electron chi connectivity index (χ3n) is 6.34. The first-order chi connectivity index (χ1) is 17.6. The number of hydrazone groups is 1. The van der Waals surface area contributed by atoms with Crippen molar-refractivity contribution in [2.24, 2.45) is 5.10 Å². The average molecular weight is 501 g/mol. The van der Waals surface area contributed by atoms with Crippen molar-refractivity contribution in [2.75, 3.05) is 10.7 Å².